The topological polar surface area (TPSA) is 43.4 Å². The minimum Gasteiger partial charge on any atom is -0.462 e. The molecule has 0 aliphatic heterocycles. The summed E-state index contributed by atoms with van der Waals surface area (Å²) in [6.07, 6.45) is 10.8. The van der Waals surface area contributed by atoms with E-state index in [1.807, 2.05) is 6.08 Å². The minimum absolute atomic E-state index is 0.111. The Bertz CT molecular complexity index is 606. The molecule has 0 radical (unpaired) electrons. The summed E-state index contributed by atoms with van der Waals surface area (Å²) in [5.74, 6) is 2.00. The molecule has 0 bridgehead atoms. The fourth-order valence-corrected chi connectivity index (χ4v) is 6.90. The van der Waals surface area contributed by atoms with Gasteiger partial charge in [0.1, 0.15) is 6.10 Å². The van der Waals surface area contributed by atoms with Crippen LogP contribution in [0, 0.1) is 28.6 Å². The predicted octanol–water partition coefficient (Wildman–Crippen LogP) is 4.45. The number of allylic oxidation sites excluding steroid dienone is 1. The molecule has 1 unspecified atom stereocenters. The van der Waals surface area contributed by atoms with Gasteiger partial charge >= 0.3 is 5.97 Å². The van der Waals surface area contributed by atoms with Crippen LogP contribution in [0.4, 0.5) is 0 Å². The van der Waals surface area contributed by atoms with E-state index in [9.17, 15) is 9.59 Å². The summed E-state index contributed by atoms with van der Waals surface area (Å²) in [5.41, 5.74) is 1.94. The Morgan fingerprint density at radius 1 is 1.12 bits per heavy atom. The first kappa shape index (κ1) is 16.4. The molecule has 3 nitrogen and oxygen atoms in total. The Morgan fingerprint density at radius 2 is 1.88 bits per heavy atom. The lowest BCUT2D eigenvalue weighted by Gasteiger charge is -2.57. The lowest BCUT2D eigenvalue weighted by molar-refractivity contribution is -0.155. The molecule has 3 fully saturated rings. The lowest BCUT2D eigenvalue weighted by atomic mass is 9.47. The van der Waals surface area contributed by atoms with Crippen LogP contribution in [0.5, 0.6) is 0 Å². The van der Waals surface area contributed by atoms with Crippen LogP contribution >= 0.6 is 0 Å². The molecule has 0 heterocycles. The Kier molecular flexibility index (Phi) is 3.71. The average Bonchev–Trinajstić information content (AvgIpc) is 2.84. The quantitative estimate of drug-likeness (QED) is 0.667. The zero-order valence-electron chi connectivity index (χ0n) is 15.3. The normalized spacial score (nSPS) is 47.3. The van der Waals surface area contributed by atoms with Crippen molar-refractivity contribution >= 4 is 11.8 Å². The number of carbonyl (C=O) groups excluding carboxylic acids is 2. The number of ketones is 1. The number of hydrogen-bond acceptors (Lipinski definition) is 3. The van der Waals surface area contributed by atoms with Crippen molar-refractivity contribution in [3.8, 4) is 0 Å². The van der Waals surface area contributed by atoms with Crippen molar-refractivity contribution in [2.24, 2.45) is 28.6 Å². The Hall–Kier alpha value is -1.12. The average molecular weight is 330 g/mol. The fourth-order valence-electron chi connectivity index (χ4n) is 6.90. The van der Waals surface area contributed by atoms with Gasteiger partial charge in [0.05, 0.1) is 0 Å². The molecule has 24 heavy (non-hydrogen) atoms. The van der Waals surface area contributed by atoms with Crippen molar-refractivity contribution in [2.75, 3.05) is 0 Å². The van der Waals surface area contributed by atoms with Crippen LogP contribution in [-0.4, -0.2) is 17.9 Å². The molecule has 132 valence electrons. The molecule has 4 rings (SSSR count). The maximum Gasteiger partial charge on any atom is 0.302 e. The molecule has 0 aromatic rings. The van der Waals surface area contributed by atoms with Crippen LogP contribution in [0.2, 0.25) is 0 Å². The van der Waals surface area contributed by atoms with E-state index in [2.05, 4.69) is 13.8 Å². The summed E-state index contributed by atoms with van der Waals surface area (Å²) < 4.78 is 5.77. The lowest BCUT2D eigenvalue weighted by Crippen LogP contribution is -2.51. The number of rotatable bonds is 1. The predicted molar refractivity (Wildman–Crippen MR) is 92.3 cm³/mol. The molecule has 0 aromatic heterocycles. The number of fused-ring (bicyclic) bond motifs is 5. The summed E-state index contributed by atoms with van der Waals surface area (Å²) in [7, 11) is 0. The van der Waals surface area contributed by atoms with Gasteiger partial charge in [-0.25, -0.2) is 0 Å². The molecule has 0 aromatic carbocycles. The molecule has 0 saturated heterocycles. The highest BCUT2D eigenvalue weighted by atomic mass is 16.5. The Morgan fingerprint density at radius 3 is 2.62 bits per heavy atom. The van der Waals surface area contributed by atoms with Gasteiger partial charge in [-0.05, 0) is 73.7 Å². The van der Waals surface area contributed by atoms with Crippen molar-refractivity contribution in [1.82, 2.24) is 0 Å². The van der Waals surface area contributed by atoms with E-state index < -0.39 is 0 Å². The molecule has 0 spiro atoms. The van der Waals surface area contributed by atoms with Crippen molar-refractivity contribution in [2.45, 2.75) is 78.2 Å². The van der Waals surface area contributed by atoms with Crippen LogP contribution in [0.3, 0.4) is 0 Å². The largest absolute Gasteiger partial charge is 0.462 e. The molecule has 0 N–H and O–H groups in total. The molecule has 4 aliphatic carbocycles. The van der Waals surface area contributed by atoms with E-state index in [0.29, 0.717) is 35.4 Å². The van der Waals surface area contributed by atoms with E-state index in [1.165, 1.54) is 24.8 Å². The second kappa shape index (κ2) is 5.44. The summed E-state index contributed by atoms with van der Waals surface area (Å²) in [6, 6.07) is 0. The second-order valence-electron chi connectivity index (χ2n) is 9.27. The van der Waals surface area contributed by atoms with Crippen molar-refractivity contribution in [3.63, 3.8) is 0 Å². The molecular formula is C21H30O3. The zero-order valence-corrected chi connectivity index (χ0v) is 15.3. The number of esters is 1. The monoisotopic (exact) mass is 330 g/mol. The maximum absolute atomic E-state index is 11.9. The standard InChI is InChI=1S/C21H30O3/c1-13(22)24-18-8-10-20(2)9-7-17-16(19(18)20)5-4-14-12-15(23)6-11-21(14,17)3/h12,16-19H,4-11H2,1-3H3/t16-,17+,18?,19-,20-,21+/m1/s1. The van der Waals surface area contributed by atoms with Crippen molar-refractivity contribution in [1.29, 1.82) is 0 Å². The van der Waals surface area contributed by atoms with Gasteiger partial charge in [-0.3, -0.25) is 9.59 Å². The minimum atomic E-state index is -0.128. The van der Waals surface area contributed by atoms with Crippen LogP contribution in [-0.2, 0) is 14.3 Å². The summed E-state index contributed by atoms with van der Waals surface area (Å²) in [6.45, 7) is 6.38. The highest BCUT2D eigenvalue weighted by molar-refractivity contribution is 5.91. The molecule has 3 saturated carbocycles. The second-order valence-corrected chi connectivity index (χ2v) is 9.27. The van der Waals surface area contributed by atoms with Gasteiger partial charge < -0.3 is 4.74 Å². The molecule has 3 heteroatoms. The molecular weight excluding hydrogens is 300 g/mol. The number of ether oxygens (including phenoxy) is 1. The third-order valence-electron chi connectivity index (χ3n) is 8.05. The molecule has 4 aliphatic rings. The smallest absolute Gasteiger partial charge is 0.302 e. The molecule has 6 atom stereocenters. The van der Waals surface area contributed by atoms with Crippen molar-refractivity contribution in [3.05, 3.63) is 11.6 Å². The SMILES string of the molecule is CC(=O)OC1CC[C@@]2(C)CC[C@H]3[C@@H](CCC4=CC(=O)CC[C@@]43C)[C@H]12. The summed E-state index contributed by atoms with van der Waals surface area (Å²) in [5, 5.41) is 0. The summed E-state index contributed by atoms with van der Waals surface area (Å²) in [4.78, 5) is 23.5. The summed E-state index contributed by atoms with van der Waals surface area (Å²) >= 11 is 0. The first-order valence-electron chi connectivity index (χ1n) is 9.75. The van der Waals surface area contributed by atoms with Gasteiger partial charge in [-0.2, -0.15) is 0 Å². The van der Waals surface area contributed by atoms with Crippen LogP contribution < -0.4 is 0 Å². The van der Waals surface area contributed by atoms with Crippen molar-refractivity contribution < 1.29 is 14.3 Å². The third-order valence-corrected chi connectivity index (χ3v) is 8.05. The van der Waals surface area contributed by atoms with Crippen LogP contribution in [0.15, 0.2) is 11.6 Å². The Balaban J connectivity index is 1.67. The first-order chi connectivity index (χ1) is 11.3. The van der Waals surface area contributed by atoms with Gasteiger partial charge in [0.15, 0.2) is 5.78 Å². The van der Waals surface area contributed by atoms with Crippen LogP contribution in [0.1, 0.15) is 72.1 Å². The first-order valence-corrected chi connectivity index (χ1v) is 9.75. The van der Waals surface area contributed by atoms with E-state index in [-0.39, 0.29) is 17.5 Å². The maximum atomic E-state index is 11.9. The van der Waals surface area contributed by atoms with Crippen LogP contribution in [0.25, 0.3) is 0 Å². The third kappa shape index (κ3) is 2.30. The number of carbonyl (C=O) groups is 2. The van der Waals surface area contributed by atoms with Gasteiger partial charge in [0, 0.05) is 19.3 Å². The van der Waals surface area contributed by atoms with Gasteiger partial charge in [-0.15, -0.1) is 0 Å². The number of hydrogen-bond donors (Lipinski definition) is 0. The Labute approximate surface area is 145 Å². The van der Waals surface area contributed by atoms with Gasteiger partial charge in [0.2, 0.25) is 0 Å². The highest BCUT2D eigenvalue weighted by Gasteiger charge is 2.59. The van der Waals surface area contributed by atoms with E-state index in [0.717, 1.165) is 25.7 Å². The van der Waals surface area contributed by atoms with E-state index in [1.54, 1.807) is 6.92 Å². The van der Waals surface area contributed by atoms with E-state index in [4.69, 9.17) is 4.74 Å². The molecule has 0 amide bonds. The van der Waals surface area contributed by atoms with Gasteiger partial charge in [-0.1, -0.05) is 19.4 Å². The van der Waals surface area contributed by atoms with E-state index >= 15 is 0 Å². The highest BCUT2D eigenvalue weighted by Crippen LogP contribution is 2.65. The van der Waals surface area contributed by atoms with Gasteiger partial charge in [0.25, 0.3) is 0 Å². The fraction of sp³-hybridized carbons (Fsp3) is 0.810. The zero-order chi connectivity index (χ0) is 17.1.